The smallest absolute Gasteiger partial charge is 0.306 e. The zero-order valence-corrected chi connectivity index (χ0v) is 12.4. The lowest BCUT2D eigenvalue weighted by Crippen LogP contribution is -2.39. The summed E-state index contributed by atoms with van der Waals surface area (Å²) in [7, 11) is 0. The largest absolute Gasteiger partial charge is 0.481 e. The normalized spacial score (nSPS) is 22.4. The second kappa shape index (κ2) is 6.72. The Morgan fingerprint density at radius 3 is 2.35 bits per heavy atom. The monoisotopic (exact) mass is 284 g/mol. The molecule has 1 rings (SSSR count). The molecule has 2 atom stereocenters. The Hall–Kier alpha value is -1.59. The van der Waals surface area contributed by atoms with Gasteiger partial charge < -0.3 is 15.7 Å². The van der Waals surface area contributed by atoms with E-state index >= 15 is 0 Å². The lowest BCUT2D eigenvalue weighted by atomic mass is 9.96. The van der Waals surface area contributed by atoms with Crippen molar-refractivity contribution in [2.45, 2.75) is 52.5 Å². The molecule has 0 aliphatic heterocycles. The number of hydrogen-bond acceptors (Lipinski definition) is 3. The summed E-state index contributed by atoms with van der Waals surface area (Å²) in [5, 5.41) is 14.4. The van der Waals surface area contributed by atoms with Gasteiger partial charge in [0.25, 0.3) is 0 Å². The SMILES string of the molecule is CC(C)(C)C(=O)NCCC(=O)N[C@@H]1CC[C@H](C(=O)O)C1. The van der Waals surface area contributed by atoms with Gasteiger partial charge in [-0.05, 0) is 19.3 Å². The molecule has 6 heteroatoms. The van der Waals surface area contributed by atoms with Gasteiger partial charge >= 0.3 is 5.97 Å². The first-order valence-corrected chi connectivity index (χ1v) is 7.00. The van der Waals surface area contributed by atoms with Gasteiger partial charge in [-0.25, -0.2) is 0 Å². The second-order valence-electron chi connectivity index (χ2n) is 6.37. The molecule has 6 nitrogen and oxygen atoms in total. The summed E-state index contributed by atoms with van der Waals surface area (Å²) in [5.74, 6) is -1.37. The minimum atomic E-state index is -0.792. The van der Waals surface area contributed by atoms with Crippen molar-refractivity contribution in [1.29, 1.82) is 0 Å². The molecule has 0 spiro atoms. The van der Waals surface area contributed by atoms with Crippen LogP contribution in [-0.4, -0.2) is 35.5 Å². The number of amides is 2. The fourth-order valence-electron chi connectivity index (χ4n) is 2.19. The minimum absolute atomic E-state index is 0.0538. The van der Waals surface area contributed by atoms with Crippen LogP contribution in [-0.2, 0) is 14.4 Å². The number of carboxylic acids is 1. The minimum Gasteiger partial charge on any atom is -0.481 e. The molecule has 1 aliphatic rings. The number of aliphatic carboxylic acids is 1. The molecule has 0 aromatic carbocycles. The maximum absolute atomic E-state index is 11.7. The summed E-state index contributed by atoms with van der Waals surface area (Å²) in [6, 6.07) is -0.0538. The molecule has 3 N–H and O–H groups in total. The van der Waals surface area contributed by atoms with Crippen LogP contribution in [0.4, 0.5) is 0 Å². The first-order chi connectivity index (χ1) is 9.20. The standard InChI is InChI=1S/C14H24N2O4/c1-14(2,3)13(20)15-7-6-11(17)16-10-5-4-9(8-10)12(18)19/h9-10H,4-8H2,1-3H3,(H,15,20)(H,16,17)(H,18,19)/t9-,10+/m0/s1. The molecular weight excluding hydrogens is 260 g/mol. The van der Waals surface area contributed by atoms with Gasteiger partial charge in [-0.2, -0.15) is 0 Å². The van der Waals surface area contributed by atoms with Gasteiger partial charge in [0.05, 0.1) is 5.92 Å². The van der Waals surface area contributed by atoms with Gasteiger partial charge in [-0.15, -0.1) is 0 Å². The van der Waals surface area contributed by atoms with Crippen molar-refractivity contribution in [3.8, 4) is 0 Å². The predicted octanol–water partition coefficient (Wildman–Crippen LogP) is 0.908. The van der Waals surface area contributed by atoms with Crippen LogP contribution in [0.3, 0.4) is 0 Å². The number of carbonyl (C=O) groups is 3. The zero-order valence-electron chi connectivity index (χ0n) is 12.4. The molecular formula is C14H24N2O4. The molecule has 0 bridgehead atoms. The zero-order chi connectivity index (χ0) is 15.3. The molecule has 20 heavy (non-hydrogen) atoms. The van der Waals surface area contributed by atoms with E-state index < -0.39 is 11.4 Å². The third-order valence-electron chi connectivity index (χ3n) is 3.47. The Balaban J connectivity index is 2.22. The lowest BCUT2D eigenvalue weighted by molar-refractivity contribution is -0.141. The van der Waals surface area contributed by atoms with Crippen LogP contribution in [0.15, 0.2) is 0 Å². The van der Waals surface area contributed by atoms with Crippen LogP contribution in [0.5, 0.6) is 0 Å². The third-order valence-corrected chi connectivity index (χ3v) is 3.47. The highest BCUT2D eigenvalue weighted by atomic mass is 16.4. The van der Waals surface area contributed by atoms with E-state index in [0.717, 1.165) is 0 Å². The summed E-state index contributed by atoms with van der Waals surface area (Å²) >= 11 is 0. The predicted molar refractivity (Wildman–Crippen MR) is 74.0 cm³/mol. The van der Waals surface area contributed by atoms with Crippen LogP contribution in [0.1, 0.15) is 46.5 Å². The van der Waals surface area contributed by atoms with Crippen molar-refractivity contribution in [3.63, 3.8) is 0 Å². The van der Waals surface area contributed by atoms with Crippen molar-refractivity contribution in [1.82, 2.24) is 10.6 Å². The van der Waals surface area contributed by atoms with Crippen molar-refractivity contribution in [2.75, 3.05) is 6.54 Å². The first kappa shape index (κ1) is 16.5. The maximum Gasteiger partial charge on any atom is 0.306 e. The van der Waals surface area contributed by atoms with Gasteiger partial charge in [-0.1, -0.05) is 20.8 Å². The van der Waals surface area contributed by atoms with Gasteiger partial charge in [0.15, 0.2) is 0 Å². The van der Waals surface area contributed by atoms with Crippen molar-refractivity contribution >= 4 is 17.8 Å². The highest BCUT2D eigenvalue weighted by Crippen LogP contribution is 2.25. The fourth-order valence-corrected chi connectivity index (χ4v) is 2.19. The number of nitrogens with one attached hydrogen (secondary N) is 2. The topological polar surface area (TPSA) is 95.5 Å². The molecule has 0 heterocycles. The number of carbonyl (C=O) groups excluding carboxylic acids is 2. The Kier molecular flexibility index (Phi) is 5.53. The Morgan fingerprint density at radius 2 is 1.85 bits per heavy atom. The molecule has 1 aliphatic carbocycles. The number of carboxylic acid groups (broad SMARTS) is 1. The summed E-state index contributed by atoms with van der Waals surface area (Å²) in [5.41, 5.74) is -0.462. The van der Waals surface area contributed by atoms with E-state index in [1.54, 1.807) is 0 Å². The van der Waals surface area contributed by atoms with E-state index in [0.29, 0.717) is 25.8 Å². The quantitative estimate of drug-likeness (QED) is 0.699. The van der Waals surface area contributed by atoms with Crippen LogP contribution >= 0.6 is 0 Å². The van der Waals surface area contributed by atoms with Crippen molar-refractivity contribution in [2.24, 2.45) is 11.3 Å². The van der Waals surface area contributed by atoms with Crippen molar-refractivity contribution < 1.29 is 19.5 Å². The van der Waals surface area contributed by atoms with E-state index in [2.05, 4.69) is 10.6 Å². The van der Waals surface area contributed by atoms with Crippen LogP contribution in [0.25, 0.3) is 0 Å². The Labute approximate surface area is 119 Å². The van der Waals surface area contributed by atoms with Gasteiger partial charge in [0, 0.05) is 24.4 Å². The van der Waals surface area contributed by atoms with Crippen molar-refractivity contribution in [3.05, 3.63) is 0 Å². The number of rotatable bonds is 5. The highest BCUT2D eigenvalue weighted by molar-refractivity contribution is 5.82. The van der Waals surface area contributed by atoms with Gasteiger partial charge in [0.1, 0.15) is 0 Å². The maximum atomic E-state index is 11.7. The first-order valence-electron chi connectivity index (χ1n) is 7.00. The molecule has 0 radical (unpaired) electrons. The van der Waals surface area contributed by atoms with Gasteiger partial charge in [-0.3, -0.25) is 14.4 Å². The molecule has 2 amide bonds. The summed E-state index contributed by atoms with van der Waals surface area (Å²) in [6.07, 6.45) is 2.03. The van der Waals surface area contributed by atoms with Crippen LogP contribution in [0, 0.1) is 11.3 Å². The van der Waals surface area contributed by atoms with E-state index in [1.165, 1.54) is 0 Å². The second-order valence-corrected chi connectivity index (χ2v) is 6.37. The molecule has 0 aromatic rings. The molecule has 0 saturated heterocycles. The average Bonchev–Trinajstić information content (AvgIpc) is 2.76. The Bertz CT molecular complexity index is 387. The summed E-state index contributed by atoms with van der Waals surface area (Å²) in [4.78, 5) is 34.1. The highest BCUT2D eigenvalue weighted by Gasteiger charge is 2.30. The summed E-state index contributed by atoms with van der Waals surface area (Å²) in [6.45, 7) is 5.74. The average molecular weight is 284 g/mol. The summed E-state index contributed by atoms with van der Waals surface area (Å²) < 4.78 is 0. The van der Waals surface area contributed by atoms with Crippen LogP contribution in [0.2, 0.25) is 0 Å². The third kappa shape index (κ3) is 5.19. The van der Waals surface area contributed by atoms with E-state index in [-0.39, 0.29) is 30.2 Å². The number of hydrogen-bond donors (Lipinski definition) is 3. The fraction of sp³-hybridized carbons (Fsp3) is 0.786. The van der Waals surface area contributed by atoms with E-state index in [9.17, 15) is 14.4 Å². The van der Waals surface area contributed by atoms with E-state index in [1.807, 2.05) is 20.8 Å². The molecule has 114 valence electrons. The lowest BCUT2D eigenvalue weighted by Gasteiger charge is -2.18. The molecule has 1 fully saturated rings. The molecule has 0 unspecified atom stereocenters. The van der Waals surface area contributed by atoms with Gasteiger partial charge in [0.2, 0.25) is 11.8 Å². The van der Waals surface area contributed by atoms with E-state index in [4.69, 9.17) is 5.11 Å². The molecule has 0 aromatic heterocycles. The van der Waals surface area contributed by atoms with Crippen LogP contribution < -0.4 is 10.6 Å². The molecule has 1 saturated carbocycles. The Morgan fingerprint density at radius 1 is 1.20 bits per heavy atom.